The number of rotatable bonds is 6. The molecule has 1 aliphatic rings. The van der Waals surface area contributed by atoms with Gasteiger partial charge in [-0.25, -0.2) is 0 Å². The van der Waals surface area contributed by atoms with Gasteiger partial charge in [0.25, 0.3) is 11.7 Å². The maximum atomic E-state index is 13.2. The molecule has 4 rings (SSSR count). The molecular formula is C26H23ClN2O4. The standard InChI is InChI=1S/C26H23ClN2O4/c1-3-13-33-19-8-6-7-17(15-19)24(30)22-23(20-9-4-5-12-28-20)29(26(32)25(22)31)21-11-10-18(27)14-16(21)2/h4-12,14-15,23,30H,3,13H2,1-2H3/b24-22+. The van der Waals surface area contributed by atoms with Crippen molar-refractivity contribution in [2.45, 2.75) is 26.3 Å². The number of anilines is 1. The lowest BCUT2D eigenvalue weighted by molar-refractivity contribution is -0.132. The number of hydrogen-bond donors (Lipinski definition) is 1. The summed E-state index contributed by atoms with van der Waals surface area (Å²) in [4.78, 5) is 32.2. The molecule has 1 aliphatic heterocycles. The number of amides is 1. The van der Waals surface area contributed by atoms with Crippen molar-refractivity contribution in [1.29, 1.82) is 0 Å². The quantitative estimate of drug-likeness (QED) is 0.299. The van der Waals surface area contributed by atoms with Gasteiger partial charge >= 0.3 is 0 Å². The summed E-state index contributed by atoms with van der Waals surface area (Å²) in [6, 6.07) is 16.3. The van der Waals surface area contributed by atoms with Gasteiger partial charge < -0.3 is 9.84 Å². The molecule has 0 radical (unpaired) electrons. The minimum Gasteiger partial charge on any atom is -0.507 e. The van der Waals surface area contributed by atoms with Crippen molar-refractivity contribution in [1.82, 2.24) is 4.98 Å². The molecule has 1 saturated heterocycles. The molecule has 1 amide bonds. The second kappa shape index (κ2) is 9.46. The number of carbonyl (C=O) groups is 2. The van der Waals surface area contributed by atoms with Gasteiger partial charge in [-0.15, -0.1) is 0 Å². The van der Waals surface area contributed by atoms with Gasteiger partial charge in [0, 0.05) is 22.5 Å². The Labute approximate surface area is 197 Å². The number of aliphatic hydroxyl groups is 1. The number of aromatic nitrogens is 1. The number of ether oxygens (including phenoxy) is 1. The number of nitrogens with zero attached hydrogens (tertiary/aromatic N) is 2. The summed E-state index contributed by atoms with van der Waals surface area (Å²) in [5.74, 6) is -1.23. The van der Waals surface area contributed by atoms with E-state index in [0.29, 0.717) is 34.3 Å². The first kappa shape index (κ1) is 22.6. The van der Waals surface area contributed by atoms with E-state index in [1.807, 2.05) is 13.8 Å². The van der Waals surface area contributed by atoms with E-state index >= 15 is 0 Å². The zero-order chi connectivity index (χ0) is 23.5. The van der Waals surface area contributed by atoms with Crippen molar-refractivity contribution >= 4 is 34.7 Å². The number of carbonyl (C=O) groups excluding carboxylic acids is 2. The molecule has 1 unspecified atom stereocenters. The van der Waals surface area contributed by atoms with Crippen LogP contribution in [0.4, 0.5) is 5.69 Å². The molecule has 6 nitrogen and oxygen atoms in total. The van der Waals surface area contributed by atoms with Gasteiger partial charge in [0.2, 0.25) is 0 Å². The molecule has 0 aliphatic carbocycles. The van der Waals surface area contributed by atoms with Crippen LogP contribution in [0.15, 0.2) is 72.4 Å². The third kappa shape index (κ3) is 4.34. The van der Waals surface area contributed by atoms with Gasteiger partial charge in [-0.1, -0.05) is 36.7 Å². The van der Waals surface area contributed by atoms with Crippen molar-refractivity contribution in [2.24, 2.45) is 0 Å². The molecule has 1 aromatic heterocycles. The van der Waals surface area contributed by atoms with Crippen LogP contribution in [0.3, 0.4) is 0 Å². The van der Waals surface area contributed by atoms with E-state index in [4.69, 9.17) is 16.3 Å². The highest BCUT2D eigenvalue weighted by atomic mass is 35.5. The Morgan fingerprint density at radius 3 is 2.64 bits per heavy atom. The SMILES string of the molecule is CCCOc1cccc(/C(O)=C2\C(=O)C(=O)N(c3ccc(Cl)cc3C)C2c2ccccn2)c1. The molecule has 0 saturated carbocycles. The van der Waals surface area contributed by atoms with E-state index in [0.717, 1.165) is 12.0 Å². The molecule has 2 aromatic carbocycles. The highest BCUT2D eigenvalue weighted by molar-refractivity contribution is 6.51. The summed E-state index contributed by atoms with van der Waals surface area (Å²) >= 11 is 6.11. The maximum Gasteiger partial charge on any atom is 0.300 e. The molecule has 2 heterocycles. The molecule has 7 heteroatoms. The molecule has 1 fully saturated rings. The van der Waals surface area contributed by atoms with Crippen LogP contribution >= 0.6 is 11.6 Å². The third-order valence-corrected chi connectivity index (χ3v) is 5.65. The summed E-state index contributed by atoms with van der Waals surface area (Å²) in [5.41, 5.74) is 2.07. The number of hydrogen-bond acceptors (Lipinski definition) is 5. The van der Waals surface area contributed by atoms with Crippen LogP contribution in [0, 0.1) is 6.92 Å². The van der Waals surface area contributed by atoms with Crippen LogP contribution in [0.5, 0.6) is 5.75 Å². The van der Waals surface area contributed by atoms with E-state index in [1.165, 1.54) is 4.90 Å². The van der Waals surface area contributed by atoms with Gasteiger partial charge in [-0.2, -0.15) is 0 Å². The van der Waals surface area contributed by atoms with Crippen molar-refractivity contribution in [3.05, 3.63) is 94.3 Å². The first-order valence-electron chi connectivity index (χ1n) is 10.6. The minimum atomic E-state index is -0.897. The number of halogens is 1. The van der Waals surface area contributed by atoms with E-state index in [9.17, 15) is 14.7 Å². The molecular weight excluding hydrogens is 440 g/mol. The Balaban J connectivity index is 1.90. The second-order valence-corrected chi connectivity index (χ2v) is 8.17. The number of ketones is 1. The molecule has 1 atom stereocenters. The van der Waals surface area contributed by atoms with Crippen LogP contribution in [-0.2, 0) is 9.59 Å². The first-order chi connectivity index (χ1) is 15.9. The monoisotopic (exact) mass is 462 g/mol. The smallest absolute Gasteiger partial charge is 0.300 e. The molecule has 33 heavy (non-hydrogen) atoms. The van der Waals surface area contributed by atoms with Crippen molar-refractivity contribution in [2.75, 3.05) is 11.5 Å². The lowest BCUT2D eigenvalue weighted by atomic mass is 9.98. The largest absolute Gasteiger partial charge is 0.507 e. The van der Waals surface area contributed by atoms with Crippen LogP contribution in [0.25, 0.3) is 5.76 Å². The van der Waals surface area contributed by atoms with E-state index in [-0.39, 0.29) is 11.3 Å². The molecule has 168 valence electrons. The van der Waals surface area contributed by atoms with Gasteiger partial charge in [0.15, 0.2) is 0 Å². The third-order valence-electron chi connectivity index (χ3n) is 5.41. The van der Waals surface area contributed by atoms with Gasteiger partial charge in [-0.3, -0.25) is 19.5 Å². The average Bonchev–Trinajstić information content (AvgIpc) is 3.08. The summed E-state index contributed by atoms with van der Waals surface area (Å²) in [6.45, 7) is 4.33. The summed E-state index contributed by atoms with van der Waals surface area (Å²) in [6.07, 6.45) is 2.42. The predicted octanol–water partition coefficient (Wildman–Crippen LogP) is 5.46. The van der Waals surface area contributed by atoms with Crippen LogP contribution in [0.2, 0.25) is 5.02 Å². The zero-order valence-electron chi connectivity index (χ0n) is 18.3. The summed E-state index contributed by atoms with van der Waals surface area (Å²) < 4.78 is 5.66. The minimum absolute atomic E-state index is 0.0271. The predicted molar refractivity (Wildman–Crippen MR) is 127 cm³/mol. The van der Waals surface area contributed by atoms with Gasteiger partial charge in [0.1, 0.15) is 17.6 Å². The van der Waals surface area contributed by atoms with Crippen molar-refractivity contribution < 1.29 is 19.4 Å². The fourth-order valence-corrected chi connectivity index (χ4v) is 4.12. The molecule has 0 bridgehead atoms. The van der Waals surface area contributed by atoms with Crippen molar-refractivity contribution in [3.8, 4) is 5.75 Å². The lowest BCUT2D eigenvalue weighted by Crippen LogP contribution is -2.30. The Bertz CT molecular complexity index is 1240. The number of pyridine rings is 1. The van der Waals surface area contributed by atoms with Gasteiger partial charge in [-0.05, 0) is 61.4 Å². The fraction of sp³-hybridized carbons (Fsp3) is 0.192. The van der Waals surface area contributed by atoms with Crippen LogP contribution in [0.1, 0.15) is 36.2 Å². The maximum absolute atomic E-state index is 13.2. The lowest BCUT2D eigenvalue weighted by Gasteiger charge is -2.26. The van der Waals surface area contributed by atoms with Crippen LogP contribution in [-0.4, -0.2) is 28.4 Å². The Kier molecular flexibility index (Phi) is 6.47. The van der Waals surface area contributed by atoms with E-state index in [1.54, 1.807) is 66.9 Å². The van der Waals surface area contributed by atoms with Crippen molar-refractivity contribution in [3.63, 3.8) is 0 Å². The average molecular weight is 463 g/mol. The Morgan fingerprint density at radius 1 is 1.12 bits per heavy atom. The fourth-order valence-electron chi connectivity index (χ4n) is 3.90. The van der Waals surface area contributed by atoms with Crippen LogP contribution < -0.4 is 9.64 Å². The molecule has 0 spiro atoms. The first-order valence-corrected chi connectivity index (χ1v) is 11.0. The molecule has 1 N–H and O–H groups in total. The number of benzene rings is 2. The number of aryl methyl sites for hydroxylation is 1. The topological polar surface area (TPSA) is 79.7 Å². The summed E-state index contributed by atoms with van der Waals surface area (Å²) in [7, 11) is 0. The second-order valence-electron chi connectivity index (χ2n) is 7.73. The zero-order valence-corrected chi connectivity index (χ0v) is 19.0. The number of Topliss-reactive ketones (excluding diaryl/α,β-unsaturated/α-hetero) is 1. The van der Waals surface area contributed by atoms with Gasteiger partial charge in [0.05, 0.1) is 17.9 Å². The number of aliphatic hydroxyl groups excluding tert-OH is 1. The Morgan fingerprint density at radius 2 is 1.94 bits per heavy atom. The molecule has 3 aromatic rings. The summed E-state index contributed by atoms with van der Waals surface area (Å²) in [5, 5.41) is 11.8. The van der Waals surface area contributed by atoms with E-state index in [2.05, 4.69) is 4.98 Å². The highest BCUT2D eigenvalue weighted by Gasteiger charge is 2.48. The normalized spacial score (nSPS) is 17.4. The highest BCUT2D eigenvalue weighted by Crippen LogP contribution is 2.43. The Hall–Kier alpha value is -3.64. The van der Waals surface area contributed by atoms with E-state index < -0.39 is 17.7 Å².